The molecule has 2 bridgehead atoms. The van der Waals surface area contributed by atoms with E-state index < -0.39 is 0 Å². The van der Waals surface area contributed by atoms with Crippen LogP contribution >= 0.6 is 0 Å². The predicted molar refractivity (Wildman–Crippen MR) is 87.2 cm³/mol. The second-order valence-electron chi connectivity index (χ2n) is 8.08. The summed E-state index contributed by atoms with van der Waals surface area (Å²) in [5, 5.41) is 13.6. The molecule has 0 saturated heterocycles. The maximum Gasteiger partial charge on any atom is 0.0587 e. The number of hydrogen-bond donors (Lipinski definition) is 2. The van der Waals surface area contributed by atoms with Crippen LogP contribution in [0.4, 0.5) is 0 Å². The van der Waals surface area contributed by atoms with Gasteiger partial charge in [-0.05, 0) is 48.0 Å². The van der Waals surface area contributed by atoms with Crippen LogP contribution in [0.5, 0.6) is 0 Å². The van der Waals surface area contributed by atoms with Gasteiger partial charge in [-0.25, -0.2) is 0 Å². The average Bonchev–Trinajstić information content (AvgIpc) is 2.94. The first-order valence-electron chi connectivity index (χ1n) is 8.36. The highest BCUT2D eigenvalue weighted by atomic mass is 16.3. The fourth-order valence-electron chi connectivity index (χ4n) is 5.03. The monoisotopic (exact) mass is 287 g/mol. The minimum absolute atomic E-state index is 0.160. The highest BCUT2D eigenvalue weighted by Gasteiger charge is 2.59. The van der Waals surface area contributed by atoms with Gasteiger partial charge in [0.05, 0.1) is 6.61 Å². The van der Waals surface area contributed by atoms with Crippen molar-refractivity contribution >= 4 is 0 Å². The van der Waals surface area contributed by atoms with Gasteiger partial charge in [-0.3, -0.25) is 0 Å². The summed E-state index contributed by atoms with van der Waals surface area (Å²) in [6.45, 7) is 7.48. The summed E-state index contributed by atoms with van der Waals surface area (Å²) in [7, 11) is 0. The molecule has 2 nitrogen and oxygen atoms in total. The Balaban J connectivity index is 1.72. The molecule has 0 heterocycles. The highest BCUT2D eigenvalue weighted by molar-refractivity contribution is 5.17. The summed E-state index contributed by atoms with van der Waals surface area (Å²) in [5.74, 6) is 0.844. The second kappa shape index (κ2) is 5.40. The topological polar surface area (TPSA) is 32.3 Å². The molecule has 2 saturated carbocycles. The summed E-state index contributed by atoms with van der Waals surface area (Å²) in [6.07, 6.45) is 4.97. The third kappa shape index (κ3) is 2.64. The maximum atomic E-state index is 9.81. The third-order valence-electron chi connectivity index (χ3n) is 6.22. The van der Waals surface area contributed by atoms with Gasteiger partial charge in [0.1, 0.15) is 0 Å². The van der Waals surface area contributed by atoms with E-state index in [1.165, 1.54) is 24.8 Å². The molecule has 2 aliphatic rings. The molecule has 21 heavy (non-hydrogen) atoms. The summed E-state index contributed by atoms with van der Waals surface area (Å²) < 4.78 is 0. The Hall–Kier alpha value is -0.860. The van der Waals surface area contributed by atoms with Crippen molar-refractivity contribution in [2.45, 2.75) is 58.5 Å². The van der Waals surface area contributed by atoms with Crippen molar-refractivity contribution in [3.63, 3.8) is 0 Å². The van der Waals surface area contributed by atoms with E-state index in [2.05, 4.69) is 50.4 Å². The first-order valence-corrected chi connectivity index (χ1v) is 8.36. The van der Waals surface area contributed by atoms with Crippen LogP contribution in [-0.2, 0) is 6.42 Å². The van der Waals surface area contributed by atoms with Gasteiger partial charge in [-0.1, -0.05) is 51.1 Å². The Morgan fingerprint density at radius 1 is 1.24 bits per heavy atom. The molecule has 0 radical (unpaired) electrons. The Kier molecular flexibility index (Phi) is 3.87. The third-order valence-corrected chi connectivity index (χ3v) is 6.22. The van der Waals surface area contributed by atoms with Crippen molar-refractivity contribution in [2.24, 2.45) is 16.7 Å². The fraction of sp³-hybridized carbons (Fsp3) is 0.684. The van der Waals surface area contributed by atoms with Crippen molar-refractivity contribution in [3.05, 3.63) is 35.9 Å². The van der Waals surface area contributed by atoms with Crippen LogP contribution in [0.1, 0.15) is 45.6 Å². The highest BCUT2D eigenvalue weighted by Crippen LogP contribution is 2.62. The lowest BCUT2D eigenvalue weighted by Gasteiger charge is -2.45. The largest absolute Gasteiger partial charge is 0.395 e. The molecule has 1 aromatic carbocycles. The molecule has 116 valence electrons. The van der Waals surface area contributed by atoms with Crippen LogP contribution in [0, 0.1) is 16.7 Å². The first kappa shape index (κ1) is 15.1. The van der Waals surface area contributed by atoms with E-state index in [-0.39, 0.29) is 12.6 Å². The van der Waals surface area contributed by atoms with Gasteiger partial charge in [0.25, 0.3) is 0 Å². The molecule has 0 spiro atoms. The Labute approximate surface area is 129 Å². The van der Waals surface area contributed by atoms with E-state index in [0.29, 0.717) is 16.9 Å². The zero-order valence-corrected chi connectivity index (χ0v) is 13.6. The molecule has 3 rings (SSSR count). The van der Waals surface area contributed by atoms with Crippen molar-refractivity contribution in [2.75, 3.05) is 6.61 Å². The summed E-state index contributed by atoms with van der Waals surface area (Å²) in [6, 6.07) is 11.2. The minimum Gasteiger partial charge on any atom is -0.395 e. The van der Waals surface area contributed by atoms with E-state index in [1.54, 1.807) is 0 Å². The molecule has 2 N–H and O–H groups in total. The predicted octanol–water partition coefficient (Wildman–Crippen LogP) is 3.39. The zero-order chi connectivity index (χ0) is 15.1. The Morgan fingerprint density at radius 2 is 1.95 bits per heavy atom. The number of nitrogens with one attached hydrogen (secondary N) is 1. The SMILES string of the molecule is CC12CCC(C1)C(C)(C)C2N[C@H](CO)Cc1ccccc1. The summed E-state index contributed by atoms with van der Waals surface area (Å²) in [5.41, 5.74) is 2.06. The van der Waals surface area contributed by atoms with Gasteiger partial charge < -0.3 is 10.4 Å². The fourth-order valence-corrected chi connectivity index (χ4v) is 5.03. The van der Waals surface area contributed by atoms with Gasteiger partial charge in [0.2, 0.25) is 0 Å². The zero-order valence-electron chi connectivity index (χ0n) is 13.6. The lowest BCUT2D eigenvalue weighted by atomic mass is 9.68. The van der Waals surface area contributed by atoms with Crippen LogP contribution in [-0.4, -0.2) is 23.8 Å². The number of aliphatic hydroxyl groups excluding tert-OH is 1. The number of fused-ring (bicyclic) bond motifs is 2. The second-order valence-corrected chi connectivity index (χ2v) is 8.08. The van der Waals surface area contributed by atoms with E-state index in [1.807, 2.05) is 6.07 Å². The van der Waals surface area contributed by atoms with Crippen LogP contribution in [0.3, 0.4) is 0 Å². The molecule has 0 aromatic heterocycles. The van der Waals surface area contributed by atoms with Gasteiger partial charge in [0, 0.05) is 12.1 Å². The molecule has 4 atom stereocenters. The van der Waals surface area contributed by atoms with Gasteiger partial charge >= 0.3 is 0 Å². The van der Waals surface area contributed by atoms with Crippen LogP contribution in [0.2, 0.25) is 0 Å². The molecule has 0 aliphatic heterocycles. The van der Waals surface area contributed by atoms with Crippen LogP contribution in [0.25, 0.3) is 0 Å². The normalized spacial score (nSPS) is 35.0. The first-order chi connectivity index (χ1) is 9.95. The molecular formula is C19H29NO. The van der Waals surface area contributed by atoms with E-state index in [4.69, 9.17) is 0 Å². The van der Waals surface area contributed by atoms with Crippen LogP contribution in [0.15, 0.2) is 30.3 Å². The molecule has 3 unspecified atom stereocenters. The average molecular weight is 287 g/mol. The maximum absolute atomic E-state index is 9.81. The molecule has 0 amide bonds. The molecule has 2 aliphatic carbocycles. The van der Waals surface area contributed by atoms with Gasteiger partial charge in [-0.15, -0.1) is 0 Å². The Morgan fingerprint density at radius 3 is 2.52 bits per heavy atom. The molecule has 2 heteroatoms. The lowest BCUT2D eigenvalue weighted by molar-refractivity contribution is 0.0867. The minimum atomic E-state index is 0.160. The number of benzene rings is 1. The Bertz CT molecular complexity index is 479. The van der Waals surface area contributed by atoms with Gasteiger partial charge in [0.15, 0.2) is 0 Å². The lowest BCUT2D eigenvalue weighted by Crippen LogP contribution is -2.55. The molecule has 2 fully saturated rings. The number of aliphatic hydroxyl groups is 1. The van der Waals surface area contributed by atoms with Crippen LogP contribution < -0.4 is 5.32 Å². The number of rotatable bonds is 5. The smallest absolute Gasteiger partial charge is 0.0587 e. The summed E-state index contributed by atoms with van der Waals surface area (Å²) >= 11 is 0. The van der Waals surface area contributed by atoms with Crippen molar-refractivity contribution in [1.82, 2.24) is 5.32 Å². The molecule has 1 aromatic rings. The molecular weight excluding hydrogens is 258 g/mol. The van der Waals surface area contributed by atoms with Crippen molar-refractivity contribution < 1.29 is 5.11 Å². The van der Waals surface area contributed by atoms with E-state index in [9.17, 15) is 5.11 Å². The summed E-state index contributed by atoms with van der Waals surface area (Å²) in [4.78, 5) is 0. The van der Waals surface area contributed by atoms with E-state index in [0.717, 1.165) is 12.3 Å². The standard InChI is InChI=1S/C19H29NO/c1-18(2)15-9-10-19(3,12-15)17(18)20-16(13-21)11-14-7-5-4-6-8-14/h4-8,15-17,20-21H,9-13H2,1-3H3/t15?,16-,17?,19?/m0/s1. The van der Waals surface area contributed by atoms with Crippen molar-refractivity contribution in [1.29, 1.82) is 0 Å². The number of hydrogen-bond acceptors (Lipinski definition) is 2. The quantitative estimate of drug-likeness (QED) is 0.870. The van der Waals surface area contributed by atoms with Gasteiger partial charge in [-0.2, -0.15) is 0 Å². The van der Waals surface area contributed by atoms with Crippen molar-refractivity contribution in [3.8, 4) is 0 Å². The van der Waals surface area contributed by atoms with E-state index >= 15 is 0 Å².